The van der Waals surface area contributed by atoms with E-state index in [1.54, 1.807) is 54.6 Å². The predicted octanol–water partition coefficient (Wildman–Crippen LogP) is 2.25. The maximum absolute atomic E-state index is 12.1. The van der Waals surface area contributed by atoms with Crippen LogP contribution in [0.5, 0.6) is 0 Å². The van der Waals surface area contributed by atoms with Crippen LogP contribution in [0.25, 0.3) is 0 Å². The van der Waals surface area contributed by atoms with Gasteiger partial charge in [-0.2, -0.15) is 0 Å². The van der Waals surface area contributed by atoms with E-state index in [-0.39, 0.29) is 5.91 Å². The Labute approximate surface area is 151 Å². The van der Waals surface area contributed by atoms with Crippen molar-refractivity contribution in [3.63, 3.8) is 0 Å². The van der Waals surface area contributed by atoms with Crippen LogP contribution in [0.15, 0.2) is 54.6 Å². The Morgan fingerprint density at radius 2 is 1.46 bits per heavy atom. The summed E-state index contributed by atoms with van der Waals surface area (Å²) in [6.45, 7) is 2.81. The van der Waals surface area contributed by atoms with E-state index >= 15 is 0 Å². The van der Waals surface area contributed by atoms with Gasteiger partial charge in [-0.3, -0.25) is 9.59 Å². The zero-order valence-corrected chi connectivity index (χ0v) is 14.4. The van der Waals surface area contributed by atoms with E-state index in [0.29, 0.717) is 16.9 Å². The van der Waals surface area contributed by atoms with E-state index in [9.17, 15) is 19.5 Å². The smallest absolute Gasteiger partial charge is 0.340 e. The van der Waals surface area contributed by atoms with Crippen molar-refractivity contribution < 1.29 is 24.2 Å². The second kappa shape index (κ2) is 8.77. The Hall–Kier alpha value is -3.19. The van der Waals surface area contributed by atoms with Crippen molar-refractivity contribution in [2.24, 2.45) is 0 Å². The summed E-state index contributed by atoms with van der Waals surface area (Å²) in [6.07, 6.45) is -2.54. The van der Waals surface area contributed by atoms with Crippen LogP contribution in [0.3, 0.4) is 0 Å². The van der Waals surface area contributed by atoms with Gasteiger partial charge in [-0.15, -0.1) is 0 Å². The van der Waals surface area contributed by atoms with Gasteiger partial charge in [-0.25, -0.2) is 4.79 Å². The molecule has 0 aromatic heterocycles. The molecule has 0 saturated heterocycles. The molecule has 0 spiro atoms. The van der Waals surface area contributed by atoms with E-state index in [0.717, 1.165) is 0 Å². The Bertz CT molecular complexity index is 774. The normalized spacial score (nSPS) is 12.6. The molecular weight excluding hydrogens is 336 g/mol. The van der Waals surface area contributed by atoms with Crippen LogP contribution in [0.4, 0.5) is 11.4 Å². The van der Waals surface area contributed by atoms with Crippen LogP contribution in [0.2, 0.25) is 0 Å². The number of aliphatic hydroxyl groups excluding tert-OH is 1. The van der Waals surface area contributed by atoms with Crippen LogP contribution in [-0.2, 0) is 19.1 Å². The van der Waals surface area contributed by atoms with Gasteiger partial charge in [-0.1, -0.05) is 30.3 Å². The fraction of sp³-hybridized carbons (Fsp3) is 0.211. The summed E-state index contributed by atoms with van der Waals surface area (Å²) in [5.74, 6) is -1.63. The molecule has 136 valence electrons. The summed E-state index contributed by atoms with van der Waals surface area (Å²) < 4.78 is 5.02. The third-order valence-electron chi connectivity index (χ3n) is 3.47. The number of hydrogen-bond acceptors (Lipinski definition) is 5. The molecule has 0 aliphatic rings. The standard InChI is InChI=1S/C19H20N2O5/c1-12(26-19(25)17(23)14-6-4-3-5-7-14)18(24)21-16-10-8-15(9-11-16)20-13(2)22/h3-12,17,23H,1-2H3,(H,20,22)(H,21,24)/t12-,17-/m0/s1. The number of esters is 1. The van der Waals surface area contributed by atoms with E-state index in [1.165, 1.54) is 13.8 Å². The molecule has 2 aromatic rings. The number of hydrogen-bond donors (Lipinski definition) is 3. The highest BCUT2D eigenvalue weighted by Gasteiger charge is 2.24. The molecule has 2 amide bonds. The van der Waals surface area contributed by atoms with Gasteiger partial charge in [0, 0.05) is 18.3 Å². The molecule has 0 fully saturated rings. The largest absolute Gasteiger partial charge is 0.450 e. The number of carbonyl (C=O) groups is 3. The number of carbonyl (C=O) groups excluding carboxylic acids is 3. The van der Waals surface area contributed by atoms with E-state index in [2.05, 4.69) is 10.6 Å². The molecule has 7 nitrogen and oxygen atoms in total. The lowest BCUT2D eigenvalue weighted by Gasteiger charge is -2.16. The minimum atomic E-state index is -1.46. The average Bonchev–Trinajstić information content (AvgIpc) is 2.62. The number of rotatable bonds is 6. The highest BCUT2D eigenvalue weighted by Crippen LogP contribution is 2.16. The molecule has 0 saturated carbocycles. The van der Waals surface area contributed by atoms with Gasteiger partial charge in [0.05, 0.1) is 0 Å². The van der Waals surface area contributed by atoms with Gasteiger partial charge in [0.25, 0.3) is 5.91 Å². The van der Waals surface area contributed by atoms with Crippen LogP contribution >= 0.6 is 0 Å². The lowest BCUT2D eigenvalue weighted by atomic mass is 10.1. The fourth-order valence-corrected chi connectivity index (χ4v) is 2.15. The Morgan fingerprint density at radius 3 is 2.00 bits per heavy atom. The maximum Gasteiger partial charge on any atom is 0.340 e. The second-order valence-corrected chi connectivity index (χ2v) is 5.64. The van der Waals surface area contributed by atoms with Gasteiger partial charge >= 0.3 is 5.97 Å². The van der Waals surface area contributed by atoms with Crippen molar-refractivity contribution in [2.45, 2.75) is 26.1 Å². The summed E-state index contributed by atoms with van der Waals surface area (Å²) in [5.41, 5.74) is 1.47. The first-order chi connectivity index (χ1) is 12.4. The molecule has 2 rings (SSSR count). The van der Waals surface area contributed by atoms with Gasteiger partial charge in [0.15, 0.2) is 12.2 Å². The molecular formula is C19H20N2O5. The number of benzene rings is 2. The monoisotopic (exact) mass is 356 g/mol. The number of anilines is 2. The third-order valence-corrected chi connectivity index (χ3v) is 3.47. The minimum absolute atomic E-state index is 0.195. The quantitative estimate of drug-likeness (QED) is 0.689. The number of nitrogens with one attached hydrogen (secondary N) is 2. The zero-order chi connectivity index (χ0) is 19.1. The Morgan fingerprint density at radius 1 is 0.923 bits per heavy atom. The highest BCUT2D eigenvalue weighted by molar-refractivity contribution is 5.96. The van der Waals surface area contributed by atoms with E-state index in [1.807, 2.05) is 0 Å². The summed E-state index contributed by atoms with van der Waals surface area (Å²) >= 11 is 0. The average molecular weight is 356 g/mol. The van der Waals surface area contributed by atoms with Crippen LogP contribution < -0.4 is 10.6 Å². The molecule has 0 heterocycles. The second-order valence-electron chi connectivity index (χ2n) is 5.64. The van der Waals surface area contributed by atoms with Crippen molar-refractivity contribution in [1.82, 2.24) is 0 Å². The van der Waals surface area contributed by atoms with Crippen molar-refractivity contribution in [3.8, 4) is 0 Å². The first-order valence-corrected chi connectivity index (χ1v) is 7.99. The van der Waals surface area contributed by atoms with Crippen molar-refractivity contribution in [2.75, 3.05) is 10.6 Å². The molecule has 26 heavy (non-hydrogen) atoms. The number of aliphatic hydroxyl groups is 1. The molecule has 2 atom stereocenters. The lowest BCUT2D eigenvalue weighted by Crippen LogP contribution is -2.31. The molecule has 0 bridgehead atoms. The fourth-order valence-electron chi connectivity index (χ4n) is 2.15. The van der Waals surface area contributed by atoms with Crippen molar-refractivity contribution >= 4 is 29.2 Å². The van der Waals surface area contributed by atoms with Crippen molar-refractivity contribution in [3.05, 3.63) is 60.2 Å². The van der Waals surface area contributed by atoms with Gasteiger partial charge in [-0.05, 0) is 36.8 Å². The van der Waals surface area contributed by atoms with Crippen LogP contribution in [0.1, 0.15) is 25.5 Å². The topological polar surface area (TPSA) is 105 Å². The van der Waals surface area contributed by atoms with E-state index < -0.39 is 24.1 Å². The number of ether oxygens (including phenoxy) is 1. The lowest BCUT2D eigenvalue weighted by molar-refractivity contribution is -0.162. The van der Waals surface area contributed by atoms with Crippen molar-refractivity contribution in [1.29, 1.82) is 0 Å². The van der Waals surface area contributed by atoms with Crippen LogP contribution in [-0.4, -0.2) is 29.0 Å². The first-order valence-electron chi connectivity index (χ1n) is 7.99. The summed E-state index contributed by atoms with van der Waals surface area (Å²) in [5, 5.41) is 15.2. The van der Waals surface area contributed by atoms with E-state index in [4.69, 9.17) is 4.74 Å². The maximum atomic E-state index is 12.1. The highest BCUT2D eigenvalue weighted by atomic mass is 16.6. The molecule has 0 unspecified atom stereocenters. The summed E-state index contributed by atoms with van der Waals surface area (Å²) in [6, 6.07) is 14.8. The molecule has 0 aliphatic heterocycles. The summed E-state index contributed by atoms with van der Waals surface area (Å²) in [7, 11) is 0. The van der Waals surface area contributed by atoms with Gasteiger partial charge in [0.2, 0.25) is 5.91 Å². The minimum Gasteiger partial charge on any atom is -0.450 e. The Balaban J connectivity index is 1.90. The summed E-state index contributed by atoms with van der Waals surface area (Å²) in [4.78, 5) is 35.1. The first kappa shape index (κ1) is 19.1. The SMILES string of the molecule is CC(=O)Nc1ccc(NC(=O)[C@H](C)OC(=O)[C@@H](O)c2ccccc2)cc1. The van der Waals surface area contributed by atoms with Gasteiger partial charge < -0.3 is 20.5 Å². The van der Waals surface area contributed by atoms with Gasteiger partial charge in [0.1, 0.15) is 0 Å². The molecule has 7 heteroatoms. The third kappa shape index (κ3) is 5.42. The number of amides is 2. The molecule has 0 radical (unpaired) electrons. The molecule has 0 aliphatic carbocycles. The van der Waals surface area contributed by atoms with Crippen LogP contribution in [0, 0.1) is 0 Å². The predicted molar refractivity (Wildman–Crippen MR) is 96.3 cm³/mol. The molecule has 2 aromatic carbocycles. The molecule has 3 N–H and O–H groups in total. The zero-order valence-electron chi connectivity index (χ0n) is 14.4. The Kier molecular flexibility index (Phi) is 6.46.